The van der Waals surface area contributed by atoms with E-state index in [2.05, 4.69) is 10.6 Å². The molecular formula is C14H21N3O3. The molecule has 0 unspecified atom stereocenters. The third-order valence-electron chi connectivity index (χ3n) is 2.39. The summed E-state index contributed by atoms with van der Waals surface area (Å²) in [6.07, 6.45) is -0.572. The normalized spacial score (nSPS) is 10.2. The van der Waals surface area contributed by atoms with Crippen LogP contribution < -0.4 is 16.4 Å². The zero-order chi connectivity index (χ0) is 15.0. The van der Waals surface area contributed by atoms with Crippen molar-refractivity contribution in [1.29, 1.82) is 0 Å². The van der Waals surface area contributed by atoms with Crippen molar-refractivity contribution in [3.8, 4) is 0 Å². The van der Waals surface area contributed by atoms with Gasteiger partial charge in [0.15, 0.2) is 0 Å². The lowest BCUT2D eigenvalue weighted by molar-refractivity contribution is 0.0955. The lowest BCUT2D eigenvalue weighted by atomic mass is 10.1. The Balaban J connectivity index is 2.70. The van der Waals surface area contributed by atoms with E-state index in [9.17, 15) is 9.59 Å². The first-order chi connectivity index (χ1) is 9.54. The number of hydrogen-bond donors (Lipinski definition) is 3. The summed E-state index contributed by atoms with van der Waals surface area (Å²) in [5.41, 5.74) is 6.13. The Kier molecular flexibility index (Phi) is 6.52. The number of benzene rings is 1. The number of carbonyl (C=O) groups excluding carboxylic acids is 2. The molecule has 1 aromatic carbocycles. The first kappa shape index (κ1) is 16.0. The van der Waals surface area contributed by atoms with Gasteiger partial charge in [-0.15, -0.1) is 0 Å². The second kappa shape index (κ2) is 8.16. The van der Waals surface area contributed by atoms with Gasteiger partial charge in [-0.1, -0.05) is 26.0 Å². The second-order valence-electron chi connectivity index (χ2n) is 4.71. The van der Waals surface area contributed by atoms with E-state index in [1.165, 1.54) is 0 Å². The van der Waals surface area contributed by atoms with Gasteiger partial charge in [0.25, 0.3) is 5.91 Å². The molecule has 0 atom stereocenters. The fraction of sp³-hybridized carbons (Fsp3) is 0.429. The van der Waals surface area contributed by atoms with Crippen molar-refractivity contribution >= 4 is 17.7 Å². The molecule has 0 aliphatic rings. The summed E-state index contributed by atoms with van der Waals surface area (Å²) in [6, 6.07) is 6.73. The van der Waals surface area contributed by atoms with Gasteiger partial charge >= 0.3 is 6.09 Å². The van der Waals surface area contributed by atoms with Gasteiger partial charge < -0.3 is 15.8 Å². The van der Waals surface area contributed by atoms with E-state index < -0.39 is 6.09 Å². The Hall–Kier alpha value is -2.08. The average Bonchev–Trinajstić information content (AvgIpc) is 2.43. The molecule has 0 spiro atoms. The van der Waals surface area contributed by atoms with Gasteiger partial charge in [0.1, 0.15) is 0 Å². The Morgan fingerprint density at radius 3 is 2.65 bits per heavy atom. The molecule has 0 saturated carbocycles. The molecule has 0 radical (unpaired) electrons. The Morgan fingerprint density at radius 2 is 2.00 bits per heavy atom. The van der Waals surface area contributed by atoms with E-state index >= 15 is 0 Å². The predicted octanol–water partition coefficient (Wildman–Crippen LogP) is 1.58. The van der Waals surface area contributed by atoms with Crippen LogP contribution in [0.3, 0.4) is 0 Å². The average molecular weight is 279 g/mol. The summed E-state index contributed by atoms with van der Waals surface area (Å²) in [7, 11) is 0. The van der Waals surface area contributed by atoms with Gasteiger partial charge in [0, 0.05) is 13.1 Å². The number of nitrogens with two attached hydrogens (primary N) is 1. The third-order valence-corrected chi connectivity index (χ3v) is 2.39. The first-order valence-electron chi connectivity index (χ1n) is 6.55. The van der Waals surface area contributed by atoms with Crippen LogP contribution in [0.25, 0.3) is 0 Å². The minimum Gasteiger partial charge on any atom is -0.449 e. The van der Waals surface area contributed by atoms with Crippen LogP contribution in [0.4, 0.5) is 10.5 Å². The van der Waals surface area contributed by atoms with Crippen LogP contribution in [0.2, 0.25) is 0 Å². The van der Waals surface area contributed by atoms with Crippen molar-refractivity contribution in [3.63, 3.8) is 0 Å². The predicted molar refractivity (Wildman–Crippen MR) is 77.6 cm³/mol. The van der Waals surface area contributed by atoms with Gasteiger partial charge in [0.05, 0.1) is 17.9 Å². The zero-order valence-corrected chi connectivity index (χ0v) is 11.8. The maximum Gasteiger partial charge on any atom is 0.411 e. The molecule has 0 heterocycles. The van der Waals surface area contributed by atoms with Crippen molar-refractivity contribution in [1.82, 2.24) is 5.32 Å². The third kappa shape index (κ3) is 5.27. The summed E-state index contributed by atoms with van der Waals surface area (Å²) in [4.78, 5) is 23.5. The molecule has 6 nitrogen and oxygen atoms in total. The zero-order valence-electron chi connectivity index (χ0n) is 11.8. The van der Waals surface area contributed by atoms with E-state index in [0.717, 1.165) is 0 Å². The molecule has 1 aromatic rings. The fourth-order valence-corrected chi connectivity index (χ4v) is 1.46. The number of rotatable bonds is 6. The lowest BCUT2D eigenvalue weighted by Crippen LogP contribution is -2.30. The molecule has 2 amide bonds. The first-order valence-corrected chi connectivity index (χ1v) is 6.55. The highest BCUT2D eigenvalue weighted by molar-refractivity contribution is 6.02. The van der Waals surface area contributed by atoms with Gasteiger partial charge in [0.2, 0.25) is 0 Å². The molecule has 0 aliphatic carbocycles. The summed E-state index contributed by atoms with van der Waals surface area (Å²) >= 11 is 0. The second-order valence-corrected chi connectivity index (χ2v) is 4.71. The van der Waals surface area contributed by atoms with Crippen LogP contribution in [-0.4, -0.2) is 31.7 Å². The fourth-order valence-electron chi connectivity index (χ4n) is 1.46. The summed E-state index contributed by atoms with van der Waals surface area (Å²) in [6.45, 7) is 4.96. The number of anilines is 1. The highest BCUT2D eigenvalue weighted by Crippen LogP contribution is 2.15. The largest absolute Gasteiger partial charge is 0.449 e. The molecule has 1 rings (SSSR count). The summed E-state index contributed by atoms with van der Waals surface area (Å²) in [5.74, 6) is -0.0287. The SMILES string of the molecule is CC(C)COC(=O)Nc1ccccc1C(=O)NCCN. The number of carbonyl (C=O) groups is 2. The minimum atomic E-state index is -0.572. The molecule has 6 heteroatoms. The Bertz CT molecular complexity index is 461. The van der Waals surface area contributed by atoms with Crippen LogP contribution in [0.15, 0.2) is 24.3 Å². The van der Waals surface area contributed by atoms with Gasteiger partial charge in [-0.2, -0.15) is 0 Å². The van der Waals surface area contributed by atoms with Gasteiger partial charge in [-0.25, -0.2) is 4.79 Å². The molecular weight excluding hydrogens is 258 g/mol. The molecule has 0 aromatic heterocycles. The van der Waals surface area contributed by atoms with E-state index in [4.69, 9.17) is 10.5 Å². The minimum absolute atomic E-state index is 0.254. The van der Waals surface area contributed by atoms with Crippen LogP contribution in [0, 0.1) is 5.92 Å². The van der Waals surface area contributed by atoms with Crippen LogP contribution in [0.1, 0.15) is 24.2 Å². The standard InChI is InChI=1S/C14H21N3O3/c1-10(2)9-20-14(19)17-12-6-4-3-5-11(12)13(18)16-8-7-15/h3-6,10H,7-9,15H2,1-2H3,(H,16,18)(H,17,19). The van der Waals surface area contributed by atoms with Crippen molar-refractivity contribution in [2.75, 3.05) is 25.0 Å². The van der Waals surface area contributed by atoms with E-state index in [-0.39, 0.29) is 11.8 Å². The Labute approximate surface area is 118 Å². The summed E-state index contributed by atoms with van der Waals surface area (Å²) < 4.78 is 5.02. The molecule has 110 valence electrons. The number of ether oxygens (including phenoxy) is 1. The van der Waals surface area contributed by atoms with Crippen molar-refractivity contribution in [3.05, 3.63) is 29.8 Å². The maximum absolute atomic E-state index is 11.9. The highest BCUT2D eigenvalue weighted by atomic mass is 16.5. The van der Waals surface area contributed by atoms with Crippen molar-refractivity contribution in [2.24, 2.45) is 11.7 Å². The van der Waals surface area contributed by atoms with Gasteiger partial charge in [-0.3, -0.25) is 10.1 Å². The Morgan fingerprint density at radius 1 is 1.30 bits per heavy atom. The molecule has 4 N–H and O–H groups in total. The van der Waals surface area contributed by atoms with E-state index in [1.807, 2.05) is 13.8 Å². The molecule has 0 aliphatic heterocycles. The van der Waals surface area contributed by atoms with Crippen molar-refractivity contribution < 1.29 is 14.3 Å². The van der Waals surface area contributed by atoms with Crippen LogP contribution >= 0.6 is 0 Å². The quantitative estimate of drug-likeness (QED) is 0.737. The van der Waals surface area contributed by atoms with Gasteiger partial charge in [-0.05, 0) is 18.1 Å². The van der Waals surface area contributed by atoms with Crippen LogP contribution in [0.5, 0.6) is 0 Å². The number of nitrogens with one attached hydrogen (secondary N) is 2. The molecule has 0 fully saturated rings. The summed E-state index contributed by atoms with van der Waals surface area (Å²) in [5, 5.41) is 5.23. The smallest absolute Gasteiger partial charge is 0.411 e. The monoisotopic (exact) mass is 279 g/mol. The van der Waals surface area contributed by atoms with Crippen molar-refractivity contribution in [2.45, 2.75) is 13.8 Å². The topological polar surface area (TPSA) is 93.4 Å². The molecule has 20 heavy (non-hydrogen) atoms. The van der Waals surface area contributed by atoms with E-state index in [1.54, 1.807) is 24.3 Å². The lowest BCUT2D eigenvalue weighted by Gasteiger charge is -2.12. The number of amides is 2. The number of para-hydroxylation sites is 1. The molecule has 0 saturated heterocycles. The van der Waals surface area contributed by atoms with E-state index in [0.29, 0.717) is 30.9 Å². The highest BCUT2D eigenvalue weighted by Gasteiger charge is 2.13. The van der Waals surface area contributed by atoms with Crippen LogP contribution in [-0.2, 0) is 4.74 Å². The maximum atomic E-state index is 11.9. The molecule has 0 bridgehead atoms. The number of hydrogen-bond acceptors (Lipinski definition) is 4.